The molecule has 1 aromatic heterocycles. The maximum atomic E-state index is 12.9. The number of halogens is 1. The Bertz CT molecular complexity index is 1010. The van der Waals surface area contributed by atoms with Crippen LogP contribution in [0.25, 0.3) is 17.0 Å². The minimum atomic E-state index is -0.0352. The van der Waals surface area contributed by atoms with Gasteiger partial charge in [-0.2, -0.15) is 0 Å². The van der Waals surface area contributed by atoms with E-state index < -0.39 is 0 Å². The molecule has 0 amide bonds. The van der Waals surface area contributed by atoms with Gasteiger partial charge in [0.25, 0.3) is 0 Å². The van der Waals surface area contributed by atoms with Crippen LogP contribution in [0.2, 0.25) is 5.02 Å². The molecule has 1 aliphatic carbocycles. The van der Waals surface area contributed by atoms with Crippen molar-refractivity contribution in [2.45, 2.75) is 12.8 Å². The molecule has 1 aliphatic rings. The number of pyridine rings is 1. The number of anilines is 1. The Kier molecular flexibility index (Phi) is 3.58. The lowest BCUT2D eigenvalue weighted by Gasteiger charge is -2.20. The molecule has 4 heteroatoms. The van der Waals surface area contributed by atoms with E-state index in [0.717, 1.165) is 27.7 Å². The largest absolute Gasteiger partial charge is 0.398 e. The Morgan fingerprint density at radius 3 is 2.75 bits per heavy atom. The van der Waals surface area contributed by atoms with Gasteiger partial charge in [-0.15, -0.1) is 0 Å². The molecule has 0 unspecified atom stereocenters. The van der Waals surface area contributed by atoms with Crippen LogP contribution in [-0.2, 0) is 6.42 Å². The number of hydrogen-bond donors (Lipinski definition) is 1. The van der Waals surface area contributed by atoms with Crippen molar-refractivity contribution in [3.05, 3.63) is 75.9 Å². The molecule has 0 spiro atoms. The zero-order valence-corrected chi connectivity index (χ0v) is 13.7. The van der Waals surface area contributed by atoms with Gasteiger partial charge in [-0.3, -0.25) is 9.78 Å². The SMILES string of the molecule is Nc1c2c(nc3ccccc13)CC/C(=C/c1cccc(Cl)c1)C2=O. The zero-order valence-electron chi connectivity index (χ0n) is 12.9. The van der Waals surface area contributed by atoms with Crippen LogP contribution in [-0.4, -0.2) is 10.8 Å². The number of para-hydroxylation sites is 1. The van der Waals surface area contributed by atoms with Gasteiger partial charge in [0.2, 0.25) is 0 Å². The summed E-state index contributed by atoms with van der Waals surface area (Å²) < 4.78 is 0. The van der Waals surface area contributed by atoms with E-state index >= 15 is 0 Å². The van der Waals surface area contributed by atoms with E-state index in [4.69, 9.17) is 17.3 Å². The summed E-state index contributed by atoms with van der Waals surface area (Å²) in [5.74, 6) is -0.0352. The number of carbonyl (C=O) groups is 1. The summed E-state index contributed by atoms with van der Waals surface area (Å²) in [5, 5.41) is 1.48. The van der Waals surface area contributed by atoms with Crippen LogP contribution in [0, 0.1) is 0 Å². The summed E-state index contributed by atoms with van der Waals surface area (Å²) in [6, 6.07) is 15.1. The second kappa shape index (κ2) is 5.77. The second-order valence-corrected chi connectivity index (χ2v) is 6.35. The first kappa shape index (κ1) is 14.9. The first-order chi connectivity index (χ1) is 11.6. The molecule has 2 aromatic carbocycles. The number of fused-ring (bicyclic) bond motifs is 2. The average Bonchev–Trinajstić information content (AvgIpc) is 2.58. The lowest BCUT2D eigenvalue weighted by atomic mass is 9.87. The standard InChI is InChI=1S/C20H15ClN2O/c21-14-5-3-4-12(11-14)10-13-8-9-17-18(20(13)24)19(22)15-6-1-2-7-16(15)23-17/h1-7,10-11H,8-9H2,(H2,22,23)/b13-10-. The highest BCUT2D eigenvalue weighted by Gasteiger charge is 2.26. The third-order valence-electron chi connectivity index (χ3n) is 4.35. The molecule has 0 radical (unpaired) electrons. The quantitative estimate of drug-likeness (QED) is 0.657. The predicted molar refractivity (Wildman–Crippen MR) is 98.2 cm³/mol. The molecule has 0 aliphatic heterocycles. The first-order valence-corrected chi connectivity index (χ1v) is 8.19. The molecule has 3 aromatic rings. The normalized spacial score (nSPS) is 15.7. The van der Waals surface area contributed by atoms with Crippen molar-refractivity contribution in [2.75, 3.05) is 5.73 Å². The number of ketones is 1. The number of nitrogens with two attached hydrogens (primary N) is 1. The van der Waals surface area contributed by atoms with Crippen LogP contribution in [0.15, 0.2) is 54.1 Å². The molecule has 3 nitrogen and oxygen atoms in total. The van der Waals surface area contributed by atoms with Gasteiger partial charge in [-0.05, 0) is 42.7 Å². The fraction of sp³-hybridized carbons (Fsp3) is 0.100. The van der Waals surface area contributed by atoms with Gasteiger partial charge in [0.1, 0.15) is 0 Å². The van der Waals surface area contributed by atoms with Gasteiger partial charge in [0, 0.05) is 16.0 Å². The second-order valence-electron chi connectivity index (χ2n) is 5.92. The highest BCUT2D eigenvalue weighted by molar-refractivity contribution is 6.30. The zero-order chi connectivity index (χ0) is 16.7. The van der Waals surface area contributed by atoms with E-state index in [0.29, 0.717) is 29.1 Å². The summed E-state index contributed by atoms with van der Waals surface area (Å²) in [7, 11) is 0. The number of nitrogens with zero attached hydrogens (tertiary/aromatic N) is 1. The fourth-order valence-corrected chi connectivity index (χ4v) is 3.39. The third kappa shape index (κ3) is 2.47. The highest BCUT2D eigenvalue weighted by atomic mass is 35.5. The van der Waals surface area contributed by atoms with Gasteiger partial charge < -0.3 is 5.73 Å². The molecule has 1 heterocycles. The topological polar surface area (TPSA) is 56.0 Å². The fourth-order valence-electron chi connectivity index (χ4n) is 3.19. The van der Waals surface area contributed by atoms with Gasteiger partial charge >= 0.3 is 0 Å². The summed E-state index contributed by atoms with van der Waals surface area (Å²) in [4.78, 5) is 17.6. The van der Waals surface area contributed by atoms with Crippen molar-refractivity contribution in [2.24, 2.45) is 0 Å². The Labute approximate surface area is 144 Å². The summed E-state index contributed by atoms with van der Waals surface area (Å²) in [6.07, 6.45) is 3.26. The lowest BCUT2D eigenvalue weighted by molar-refractivity contribution is 0.102. The van der Waals surface area contributed by atoms with Crippen LogP contribution in [0.5, 0.6) is 0 Å². The Hall–Kier alpha value is -2.65. The molecule has 4 rings (SSSR count). The van der Waals surface area contributed by atoms with Gasteiger partial charge in [-0.25, -0.2) is 0 Å². The number of nitrogen functional groups attached to an aromatic ring is 1. The number of allylic oxidation sites excluding steroid dienone is 1. The van der Waals surface area contributed by atoms with Crippen LogP contribution >= 0.6 is 11.6 Å². The summed E-state index contributed by atoms with van der Waals surface area (Å²) in [5.41, 5.74) is 10.7. The molecule has 0 saturated heterocycles. The maximum Gasteiger partial charge on any atom is 0.192 e. The number of aryl methyl sites for hydroxylation is 1. The number of rotatable bonds is 1. The van der Waals surface area contributed by atoms with Gasteiger partial charge in [0.05, 0.1) is 22.5 Å². The van der Waals surface area contributed by atoms with Crippen molar-refractivity contribution in [1.82, 2.24) is 4.98 Å². The molecular weight excluding hydrogens is 320 g/mol. The van der Waals surface area contributed by atoms with Crippen LogP contribution in [0.1, 0.15) is 28.0 Å². The van der Waals surface area contributed by atoms with Crippen molar-refractivity contribution in [1.29, 1.82) is 0 Å². The number of aromatic nitrogens is 1. The molecule has 24 heavy (non-hydrogen) atoms. The van der Waals surface area contributed by atoms with Crippen LogP contribution in [0.4, 0.5) is 5.69 Å². The minimum Gasteiger partial charge on any atom is -0.398 e. The Morgan fingerprint density at radius 2 is 1.92 bits per heavy atom. The van der Waals surface area contributed by atoms with E-state index in [1.54, 1.807) is 0 Å². The van der Waals surface area contributed by atoms with Crippen molar-refractivity contribution < 1.29 is 4.79 Å². The smallest absolute Gasteiger partial charge is 0.192 e. The number of Topliss-reactive ketones (excluding diaryl/α,β-unsaturated/α-hetero) is 1. The van der Waals surface area contributed by atoms with Gasteiger partial charge in [-0.1, -0.05) is 41.9 Å². The molecule has 0 bridgehead atoms. The van der Waals surface area contributed by atoms with Crippen LogP contribution in [0.3, 0.4) is 0 Å². The van der Waals surface area contributed by atoms with E-state index in [1.165, 1.54) is 0 Å². The molecule has 0 saturated carbocycles. The minimum absolute atomic E-state index is 0.0352. The van der Waals surface area contributed by atoms with E-state index in [-0.39, 0.29) is 5.78 Å². The van der Waals surface area contributed by atoms with Crippen molar-refractivity contribution in [3.8, 4) is 0 Å². The van der Waals surface area contributed by atoms with Crippen molar-refractivity contribution >= 4 is 40.1 Å². The third-order valence-corrected chi connectivity index (χ3v) is 4.58. The molecule has 0 fully saturated rings. The van der Waals surface area contributed by atoms with E-state index in [1.807, 2.05) is 54.6 Å². The summed E-state index contributed by atoms with van der Waals surface area (Å²) in [6.45, 7) is 0. The molecular formula is C20H15ClN2O. The summed E-state index contributed by atoms with van der Waals surface area (Å²) >= 11 is 6.03. The predicted octanol–water partition coefficient (Wildman–Crippen LogP) is 4.68. The molecule has 118 valence electrons. The number of carbonyl (C=O) groups excluding carboxylic acids is 1. The molecule has 2 N–H and O–H groups in total. The highest BCUT2D eigenvalue weighted by Crippen LogP contribution is 2.33. The average molecular weight is 335 g/mol. The Morgan fingerprint density at radius 1 is 1.08 bits per heavy atom. The van der Waals surface area contributed by atoms with E-state index in [2.05, 4.69) is 4.98 Å². The monoisotopic (exact) mass is 334 g/mol. The van der Waals surface area contributed by atoms with E-state index in [9.17, 15) is 4.79 Å². The maximum absolute atomic E-state index is 12.9. The van der Waals surface area contributed by atoms with Gasteiger partial charge in [0.15, 0.2) is 5.78 Å². The Balaban J connectivity index is 1.84. The lowest BCUT2D eigenvalue weighted by Crippen LogP contribution is -2.18. The van der Waals surface area contributed by atoms with Crippen molar-refractivity contribution in [3.63, 3.8) is 0 Å². The molecule has 0 atom stereocenters. The van der Waals surface area contributed by atoms with Crippen LogP contribution < -0.4 is 5.73 Å². The first-order valence-electron chi connectivity index (χ1n) is 7.81. The number of hydrogen-bond acceptors (Lipinski definition) is 3. The number of benzene rings is 2.